The summed E-state index contributed by atoms with van der Waals surface area (Å²) in [5, 5.41) is 3.26. The van der Waals surface area contributed by atoms with Crippen molar-refractivity contribution in [3.8, 4) is 0 Å². The average Bonchev–Trinajstić information content (AvgIpc) is 2.55. The van der Waals surface area contributed by atoms with Crippen molar-refractivity contribution in [1.29, 1.82) is 0 Å². The van der Waals surface area contributed by atoms with Crippen LogP contribution in [0.4, 0.5) is 5.69 Å². The highest BCUT2D eigenvalue weighted by atomic mass is 32.2. The third-order valence-corrected chi connectivity index (χ3v) is 2.33. The molecule has 0 saturated heterocycles. The standard InChI is InChI=1S/C7H7NS.C2H4/c1-2-4-7-6(3-1)8-5-9-7;1-2/h1-4,8H,5H2;1-2H2. The maximum absolute atomic E-state index is 3.26. The van der Waals surface area contributed by atoms with E-state index in [1.54, 1.807) is 0 Å². The van der Waals surface area contributed by atoms with E-state index in [9.17, 15) is 0 Å². The highest BCUT2D eigenvalue weighted by molar-refractivity contribution is 7.99. The van der Waals surface area contributed by atoms with Gasteiger partial charge in [-0.05, 0) is 12.1 Å². The molecule has 1 N–H and O–H groups in total. The SMILES string of the molecule is C=C.c1ccc2c(c1)NCS2. The molecule has 0 bridgehead atoms. The minimum Gasteiger partial charge on any atom is -0.375 e. The van der Waals surface area contributed by atoms with Crippen LogP contribution in [0.5, 0.6) is 0 Å². The van der Waals surface area contributed by atoms with Gasteiger partial charge in [0.05, 0.1) is 5.88 Å². The monoisotopic (exact) mass is 165 g/mol. The van der Waals surface area contributed by atoms with E-state index in [1.807, 2.05) is 11.8 Å². The molecule has 58 valence electrons. The number of nitrogens with one attached hydrogen (secondary N) is 1. The minimum atomic E-state index is 1.03. The highest BCUT2D eigenvalue weighted by Gasteiger charge is 2.06. The summed E-state index contributed by atoms with van der Waals surface area (Å²) in [6.07, 6.45) is 0. The molecule has 1 aliphatic heterocycles. The van der Waals surface area contributed by atoms with Gasteiger partial charge in [-0.2, -0.15) is 0 Å². The van der Waals surface area contributed by atoms with E-state index in [1.165, 1.54) is 10.6 Å². The Hall–Kier alpha value is -0.890. The normalized spacial score (nSPS) is 12.4. The van der Waals surface area contributed by atoms with E-state index in [2.05, 4.69) is 42.7 Å². The van der Waals surface area contributed by atoms with Crippen LogP contribution >= 0.6 is 11.8 Å². The second-order valence-electron chi connectivity index (χ2n) is 1.96. The van der Waals surface area contributed by atoms with Crippen LogP contribution in [0.15, 0.2) is 42.3 Å². The van der Waals surface area contributed by atoms with Gasteiger partial charge in [0.25, 0.3) is 0 Å². The van der Waals surface area contributed by atoms with Gasteiger partial charge in [0.2, 0.25) is 0 Å². The van der Waals surface area contributed by atoms with Gasteiger partial charge in [0, 0.05) is 10.6 Å². The number of para-hydroxylation sites is 1. The largest absolute Gasteiger partial charge is 0.375 e. The summed E-state index contributed by atoms with van der Waals surface area (Å²) in [7, 11) is 0. The van der Waals surface area contributed by atoms with Gasteiger partial charge in [-0.3, -0.25) is 0 Å². The molecule has 1 heterocycles. The molecule has 0 aromatic heterocycles. The van der Waals surface area contributed by atoms with Crippen molar-refractivity contribution >= 4 is 17.4 Å². The topological polar surface area (TPSA) is 12.0 Å². The molecule has 0 saturated carbocycles. The zero-order valence-electron chi connectivity index (χ0n) is 6.34. The smallest absolute Gasteiger partial charge is 0.0658 e. The molecule has 1 aliphatic rings. The van der Waals surface area contributed by atoms with Gasteiger partial charge >= 0.3 is 0 Å². The first-order chi connectivity index (χ1) is 5.47. The summed E-state index contributed by atoms with van der Waals surface area (Å²) in [4.78, 5) is 1.37. The van der Waals surface area contributed by atoms with Crippen LogP contribution in [0.3, 0.4) is 0 Å². The Labute approximate surface area is 71.5 Å². The average molecular weight is 165 g/mol. The van der Waals surface area contributed by atoms with Crippen LogP contribution in [-0.2, 0) is 0 Å². The molecular weight excluding hydrogens is 154 g/mol. The Morgan fingerprint density at radius 1 is 1.27 bits per heavy atom. The molecule has 0 atom stereocenters. The number of benzene rings is 1. The second kappa shape index (κ2) is 4.09. The van der Waals surface area contributed by atoms with Gasteiger partial charge in [-0.1, -0.05) is 12.1 Å². The molecule has 2 heteroatoms. The third-order valence-electron chi connectivity index (χ3n) is 1.38. The molecule has 0 spiro atoms. The fourth-order valence-electron chi connectivity index (χ4n) is 0.930. The predicted molar refractivity (Wildman–Crippen MR) is 52.0 cm³/mol. The van der Waals surface area contributed by atoms with Crippen molar-refractivity contribution in [1.82, 2.24) is 0 Å². The Balaban J connectivity index is 0.000000281. The van der Waals surface area contributed by atoms with Crippen molar-refractivity contribution in [2.24, 2.45) is 0 Å². The molecule has 1 aromatic rings. The molecule has 2 rings (SSSR count). The summed E-state index contributed by atoms with van der Waals surface area (Å²) < 4.78 is 0. The van der Waals surface area contributed by atoms with E-state index in [-0.39, 0.29) is 0 Å². The summed E-state index contributed by atoms with van der Waals surface area (Å²) in [6, 6.07) is 8.37. The van der Waals surface area contributed by atoms with Gasteiger partial charge in [0.1, 0.15) is 0 Å². The van der Waals surface area contributed by atoms with Gasteiger partial charge in [0.15, 0.2) is 0 Å². The number of anilines is 1. The first-order valence-electron chi connectivity index (χ1n) is 3.42. The third kappa shape index (κ3) is 1.77. The molecule has 0 radical (unpaired) electrons. The molecule has 1 nitrogen and oxygen atoms in total. The zero-order valence-corrected chi connectivity index (χ0v) is 7.16. The van der Waals surface area contributed by atoms with Crippen LogP contribution in [0.25, 0.3) is 0 Å². The zero-order chi connectivity index (χ0) is 8.10. The fourth-order valence-corrected chi connectivity index (χ4v) is 1.78. The Bertz CT molecular complexity index is 212. The lowest BCUT2D eigenvalue weighted by Crippen LogP contribution is -1.86. The summed E-state index contributed by atoms with van der Waals surface area (Å²) in [6.45, 7) is 6.00. The van der Waals surface area contributed by atoms with Crippen LogP contribution < -0.4 is 5.32 Å². The van der Waals surface area contributed by atoms with E-state index >= 15 is 0 Å². The lowest BCUT2D eigenvalue weighted by Gasteiger charge is -1.92. The minimum absolute atomic E-state index is 1.03. The Kier molecular flexibility index (Phi) is 3.05. The van der Waals surface area contributed by atoms with Crippen LogP contribution in [0.2, 0.25) is 0 Å². The molecule has 11 heavy (non-hydrogen) atoms. The van der Waals surface area contributed by atoms with E-state index in [0.717, 1.165) is 5.88 Å². The predicted octanol–water partition coefficient (Wildman–Crippen LogP) is 2.96. The molecule has 0 fully saturated rings. The van der Waals surface area contributed by atoms with Crippen LogP contribution in [-0.4, -0.2) is 5.88 Å². The summed E-state index contributed by atoms with van der Waals surface area (Å²) in [5.74, 6) is 1.03. The van der Waals surface area contributed by atoms with Crippen LogP contribution in [0.1, 0.15) is 0 Å². The summed E-state index contributed by atoms with van der Waals surface area (Å²) in [5.41, 5.74) is 1.28. The molecule has 0 unspecified atom stereocenters. The van der Waals surface area contributed by atoms with Crippen molar-refractivity contribution in [2.75, 3.05) is 11.2 Å². The second-order valence-corrected chi connectivity index (χ2v) is 2.98. The number of hydrogen-bond acceptors (Lipinski definition) is 2. The van der Waals surface area contributed by atoms with Gasteiger partial charge in [-0.25, -0.2) is 0 Å². The van der Waals surface area contributed by atoms with Crippen molar-refractivity contribution in [3.63, 3.8) is 0 Å². The van der Waals surface area contributed by atoms with E-state index in [0.29, 0.717) is 0 Å². The number of fused-ring (bicyclic) bond motifs is 1. The number of thioether (sulfide) groups is 1. The Morgan fingerprint density at radius 2 is 2.00 bits per heavy atom. The quantitative estimate of drug-likeness (QED) is 0.593. The number of rotatable bonds is 0. The molecule has 1 aromatic carbocycles. The van der Waals surface area contributed by atoms with E-state index in [4.69, 9.17) is 0 Å². The van der Waals surface area contributed by atoms with Crippen LogP contribution in [0, 0.1) is 0 Å². The maximum Gasteiger partial charge on any atom is 0.0658 e. The van der Waals surface area contributed by atoms with Gasteiger partial charge < -0.3 is 5.32 Å². The van der Waals surface area contributed by atoms with E-state index < -0.39 is 0 Å². The lowest BCUT2D eigenvalue weighted by molar-refractivity contribution is 1.43. The Morgan fingerprint density at radius 3 is 2.73 bits per heavy atom. The van der Waals surface area contributed by atoms with Crippen molar-refractivity contribution < 1.29 is 0 Å². The van der Waals surface area contributed by atoms with Crippen molar-refractivity contribution in [2.45, 2.75) is 4.90 Å². The molecular formula is C9H11NS. The fraction of sp³-hybridized carbons (Fsp3) is 0.111. The highest BCUT2D eigenvalue weighted by Crippen LogP contribution is 2.32. The maximum atomic E-state index is 3.26. The van der Waals surface area contributed by atoms with Crippen molar-refractivity contribution in [3.05, 3.63) is 37.4 Å². The first-order valence-corrected chi connectivity index (χ1v) is 4.41. The molecule has 0 amide bonds. The first kappa shape index (κ1) is 8.21. The summed E-state index contributed by atoms with van der Waals surface area (Å²) >= 11 is 1.86. The van der Waals surface area contributed by atoms with Gasteiger partial charge in [-0.15, -0.1) is 24.9 Å². The lowest BCUT2D eigenvalue weighted by atomic mass is 10.3. The number of hydrogen-bond donors (Lipinski definition) is 1. The molecule has 0 aliphatic carbocycles.